The fourth-order valence-corrected chi connectivity index (χ4v) is 4.48. The van der Waals surface area contributed by atoms with E-state index in [9.17, 15) is 28.3 Å². The van der Waals surface area contributed by atoms with Crippen LogP contribution in [0.4, 0.5) is 14.5 Å². The van der Waals surface area contributed by atoms with Gasteiger partial charge in [0.15, 0.2) is 0 Å². The van der Waals surface area contributed by atoms with Crippen LogP contribution in [0.25, 0.3) is 11.1 Å². The van der Waals surface area contributed by atoms with E-state index in [0.717, 1.165) is 17.7 Å². The monoisotopic (exact) mass is 507 g/mol. The molecule has 4 N–H and O–H groups in total. The molecule has 0 radical (unpaired) electrons. The number of nitrogens with one attached hydrogen (secondary N) is 3. The highest BCUT2D eigenvalue weighted by atomic mass is 19.1. The molecular formula is C28H27F2N3O4. The number of amides is 3. The Labute approximate surface area is 212 Å². The summed E-state index contributed by atoms with van der Waals surface area (Å²) in [5.74, 6) is -4.57. The van der Waals surface area contributed by atoms with Crippen LogP contribution in [-0.4, -0.2) is 28.4 Å². The summed E-state index contributed by atoms with van der Waals surface area (Å²) in [5.41, 5.74) is 0.115. The van der Waals surface area contributed by atoms with Gasteiger partial charge in [0.25, 0.3) is 17.7 Å². The summed E-state index contributed by atoms with van der Waals surface area (Å²) in [5, 5.41) is 19.1. The van der Waals surface area contributed by atoms with Gasteiger partial charge in [0.2, 0.25) is 5.60 Å². The highest BCUT2D eigenvalue weighted by Gasteiger charge is 2.46. The zero-order valence-corrected chi connectivity index (χ0v) is 20.3. The van der Waals surface area contributed by atoms with Crippen LogP contribution < -0.4 is 16.0 Å². The number of carbonyl (C=O) groups is 3. The van der Waals surface area contributed by atoms with E-state index in [4.69, 9.17) is 0 Å². The second kappa shape index (κ2) is 10.5. The Morgan fingerprint density at radius 3 is 2.27 bits per heavy atom. The number of para-hydroxylation sites is 1. The molecule has 2 atom stereocenters. The first-order chi connectivity index (χ1) is 17.6. The van der Waals surface area contributed by atoms with Crippen molar-refractivity contribution in [3.8, 4) is 11.1 Å². The Bertz CT molecular complexity index is 1340. The van der Waals surface area contributed by atoms with Crippen molar-refractivity contribution in [2.45, 2.75) is 38.5 Å². The molecular weight excluding hydrogens is 480 g/mol. The first-order valence-electron chi connectivity index (χ1n) is 11.8. The Hall–Kier alpha value is -4.11. The van der Waals surface area contributed by atoms with Crippen molar-refractivity contribution in [3.05, 3.63) is 89.5 Å². The molecule has 1 aliphatic rings. The summed E-state index contributed by atoms with van der Waals surface area (Å²) in [6.45, 7) is 3.12. The maximum Gasteiger partial charge on any atom is 0.262 e. The minimum absolute atomic E-state index is 0.119. The smallest absolute Gasteiger partial charge is 0.262 e. The third kappa shape index (κ3) is 5.51. The second-order valence-electron chi connectivity index (χ2n) is 9.45. The fraction of sp³-hybridized carbons (Fsp3) is 0.250. The van der Waals surface area contributed by atoms with Crippen molar-refractivity contribution in [2.24, 2.45) is 5.92 Å². The van der Waals surface area contributed by atoms with Gasteiger partial charge in [-0.25, -0.2) is 8.78 Å². The van der Waals surface area contributed by atoms with Crippen molar-refractivity contribution in [3.63, 3.8) is 0 Å². The summed E-state index contributed by atoms with van der Waals surface area (Å²) in [6, 6.07) is 15.8. The van der Waals surface area contributed by atoms with Crippen molar-refractivity contribution in [1.29, 1.82) is 0 Å². The molecule has 0 aliphatic carbocycles. The molecule has 37 heavy (non-hydrogen) atoms. The first-order valence-corrected chi connectivity index (χ1v) is 11.8. The number of hydrogen-bond donors (Lipinski definition) is 4. The van der Waals surface area contributed by atoms with E-state index >= 15 is 0 Å². The number of aliphatic hydroxyl groups is 1. The average Bonchev–Trinajstić information content (AvgIpc) is 2.96. The lowest BCUT2D eigenvalue weighted by atomic mass is 9.89. The van der Waals surface area contributed by atoms with Crippen LogP contribution in [0.3, 0.4) is 0 Å². The van der Waals surface area contributed by atoms with Crippen molar-refractivity contribution < 1.29 is 28.3 Å². The lowest BCUT2D eigenvalue weighted by Crippen LogP contribution is -2.59. The number of halogens is 2. The standard InChI is InChI=1S/C28H27F2N3O4/c1-16(2)14-28(37,26(35)31-15-17-11-18(29)13-19(30)12-17)27(36)33-24-22-9-4-3-7-20(22)21-8-5-6-10-23(21)32-25(24)34/h3-13,16,24,37H,14-15H2,1-2H3,(H,31,35)(H,32,34)(H,33,36)/t24-,28?/m0/s1. The van der Waals surface area contributed by atoms with Crippen LogP contribution in [0, 0.1) is 17.6 Å². The molecule has 3 aromatic rings. The van der Waals surface area contributed by atoms with Gasteiger partial charge in [-0.15, -0.1) is 0 Å². The quantitative estimate of drug-likeness (QED) is 0.365. The molecule has 0 saturated carbocycles. The maximum atomic E-state index is 13.5. The van der Waals surface area contributed by atoms with Crippen LogP contribution in [0.15, 0.2) is 66.7 Å². The zero-order chi connectivity index (χ0) is 26.7. The van der Waals surface area contributed by atoms with Crippen LogP contribution in [0.1, 0.15) is 37.4 Å². The first kappa shape index (κ1) is 26.0. The molecule has 1 heterocycles. The molecule has 3 aromatic carbocycles. The minimum atomic E-state index is -2.55. The maximum absolute atomic E-state index is 13.5. The third-order valence-corrected chi connectivity index (χ3v) is 6.11. The van der Waals surface area contributed by atoms with Crippen molar-refractivity contribution in [1.82, 2.24) is 10.6 Å². The number of rotatable bonds is 7. The molecule has 7 nitrogen and oxygen atoms in total. The summed E-state index contributed by atoms with van der Waals surface area (Å²) < 4.78 is 27.1. The Kier molecular flexibility index (Phi) is 7.35. The molecule has 4 rings (SSSR count). The molecule has 0 spiro atoms. The fourth-order valence-electron chi connectivity index (χ4n) is 4.48. The number of hydrogen-bond acceptors (Lipinski definition) is 4. The van der Waals surface area contributed by atoms with E-state index < -0.39 is 41.0 Å². The SMILES string of the molecule is CC(C)CC(O)(C(=O)NCc1cc(F)cc(F)c1)C(=O)N[C@@H]1C(=O)Nc2ccccc2-c2ccccc21. The molecule has 192 valence electrons. The van der Waals surface area contributed by atoms with E-state index in [1.54, 1.807) is 38.1 Å². The molecule has 1 aliphatic heterocycles. The van der Waals surface area contributed by atoms with E-state index in [0.29, 0.717) is 22.9 Å². The average molecular weight is 508 g/mol. The summed E-state index contributed by atoms with van der Waals surface area (Å²) in [4.78, 5) is 39.7. The topological polar surface area (TPSA) is 108 Å². The van der Waals surface area contributed by atoms with Gasteiger partial charge >= 0.3 is 0 Å². The summed E-state index contributed by atoms with van der Waals surface area (Å²) in [7, 11) is 0. The predicted molar refractivity (Wildman–Crippen MR) is 134 cm³/mol. The van der Waals surface area contributed by atoms with Gasteiger partial charge in [-0.05, 0) is 47.2 Å². The van der Waals surface area contributed by atoms with Gasteiger partial charge in [0, 0.05) is 23.9 Å². The number of benzene rings is 3. The van der Waals surface area contributed by atoms with Gasteiger partial charge in [-0.1, -0.05) is 56.3 Å². The van der Waals surface area contributed by atoms with Crippen LogP contribution in [0.5, 0.6) is 0 Å². The van der Waals surface area contributed by atoms with E-state index in [1.807, 2.05) is 24.3 Å². The molecule has 0 saturated heterocycles. The molecule has 0 bridgehead atoms. The molecule has 9 heteroatoms. The van der Waals surface area contributed by atoms with E-state index in [2.05, 4.69) is 16.0 Å². The van der Waals surface area contributed by atoms with Crippen LogP contribution in [0.2, 0.25) is 0 Å². The van der Waals surface area contributed by atoms with Crippen molar-refractivity contribution >= 4 is 23.4 Å². The molecule has 0 aromatic heterocycles. The van der Waals surface area contributed by atoms with Gasteiger partial charge in [0.1, 0.15) is 17.7 Å². The predicted octanol–water partition coefficient (Wildman–Crippen LogP) is 3.83. The molecule has 1 unspecified atom stereocenters. The van der Waals surface area contributed by atoms with Crippen LogP contribution >= 0.6 is 0 Å². The van der Waals surface area contributed by atoms with E-state index in [-0.39, 0.29) is 24.4 Å². The van der Waals surface area contributed by atoms with Crippen molar-refractivity contribution in [2.75, 3.05) is 5.32 Å². The molecule has 0 fully saturated rings. The Morgan fingerprint density at radius 1 is 0.973 bits per heavy atom. The normalized spacial score (nSPS) is 16.1. The Morgan fingerprint density at radius 2 is 1.59 bits per heavy atom. The number of fused-ring (bicyclic) bond motifs is 3. The third-order valence-electron chi connectivity index (χ3n) is 6.11. The number of carbonyl (C=O) groups excluding carboxylic acids is 3. The van der Waals surface area contributed by atoms with Gasteiger partial charge in [-0.2, -0.15) is 0 Å². The minimum Gasteiger partial charge on any atom is -0.372 e. The highest BCUT2D eigenvalue weighted by molar-refractivity contribution is 6.11. The lowest BCUT2D eigenvalue weighted by Gasteiger charge is -2.29. The summed E-state index contributed by atoms with van der Waals surface area (Å²) >= 11 is 0. The van der Waals surface area contributed by atoms with Gasteiger partial charge < -0.3 is 21.1 Å². The summed E-state index contributed by atoms with van der Waals surface area (Å²) in [6.07, 6.45) is -0.252. The Balaban J connectivity index is 1.61. The second-order valence-corrected chi connectivity index (χ2v) is 9.45. The van der Waals surface area contributed by atoms with Gasteiger partial charge in [-0.3, -0.25) is 14.4 Å². The zero-order valence-electron chi connectivity index (χ0n) is 20.3. The highest BCUT2D eigenvalue weighted by Crippen LogP contribution is 2.37. The van der Waals surface area contributed by atoms with Crippen LogP contribution in [-0.2, 0) is 20.9 Å². The van der Waals surface area contributed by atoms with E-state index in [1.165, 1.54) is 0 Å². The largest absolute Gasteiger partial charge is 0.372 e. The lowest BCUT2D eigenvalue weighted by molar-refractivity contribution is -0.156. The molecule has 3 amide bonds. The van der Waals surface area contributed by atoms with Gasteiger partial charge in [0.05, 0.1) is 0 Å². The number of anilines is 1.